The zero-order valence-corrected chi connectivity index (χ0v) is 15.6. The van der Waals surface area contributed by atoms with E-state index < -0.39 is 0 Å². The van der Waals surface area contributed by atoms with Crippen molar-refractivity contribution < 1.29 is 4.79 Å². The molecule has 2 aliphatic rings. The Morgan fingerprint density at radius 3 is 2.81 bits per heavy atom. The van der Waals surface area contributed by atoms with E-state index in [0.29, 0.717) is 18.8 Å². The first kappa shape index (κ1) is 17.6. The fourth-order valence-electron chi connectivity index (χ4n) is 4.21. The quantitative estimate of drug-likeness (QED) is 0.878. The highest BCUT2D eigenvalue weighted by Gasteiger charge is 2.42. The fourth-order valence-corrected chi connectivity index (χ4v) is 4.21. The van der Waals surface area contributed by atoms with Crippen LogP contribution >= 0.6 is 0 Å². The molecule has 142 valence electrons. The summed E-state index contributed by atoms with van der Waals surface area (Å²) in [7, 11) is 0. The van der Waals surface area contributed by atoms with Crippen LogP contribution in [0.25, 0.3) is 0 Å². The molecule has 2 aliphatic heterocycles. The standard InChI is InChI=1S/C19H25N7O/c1-14-8-22-15(9-21-14)10-26-12-19(5-3-18(26)27)4-2-6-25(11-19)17-7-16(20)23-13-24-17/h7-9,13H,2-6,10-12H2,1H3,(H2,20,23,24)/t19-/m1/s1. The second-order valence-corrected chi connectivity index (χ2v) is 7.73. The Morgan fingerprint density at radius 2 is 2.04 bits per heavy atom. The van der Waals surface area contributed by atoms with Crippen molar-refractivity contribution in [2.24, 2.45) is 5.41 Å². The minimum absolute atomic E-state index is 0.0873. The summed E-state index contributed by atoms with van der Waals surface area (Å²) in [5.74, 6) is 1.55. The van der Waals surface area contributed by atoms with Crippen molar-refractivity contribution in [1.82, 2.24) is 24.8 Å². The summed E-state index contributed by atoms with van der Waals surface area (Å²) in [4.78, 5) is 33.8. The topological polar surface area (TPSA) is 101 Å². The van der Waals surface area contributed by atoms with Gasteiger partial charge in [-0.3, -0.25) is 14.8 Å². The largest absolute Gasteiger partial charge is 0.384 e. The molecular weight excluding hydrogens is 342 g/mol. The number of anilines is 2. The molecule has 0 aromatic carbocycles. The third-order valence-electron chi connectivity index (χ3n) is 5.59. The van der Waals surface area contributed by atoms with Crippen LogP contribution < -0.4 is 10.6 Å². The summed E-state index contributed by atoms with van der Waals surface area (Å²) in [6.45, 7) is 5.02. The lowest BCUT2D eigenvalue weighted by Crippen LogP contribution is -2.54. The lowest BCUT2D eigenvalue weighted by Gasteiger charge is -2.48. The fraction of sp³-hybridized carbons (Fsp3) is 0.526. The molecule has 2 aromatic rings. The summed E-state index contributed by atoms with van der Waals surface area (Å²) in [6, 6.07) is 1.83. The van der Waals surface area contributed by atoms with Gasteiger partial charge in [0.1, 0.15) is 18.0 Å². The minimum Gasteiger partial charge on any atom is -0.384 e. The second kappa shape index (κ2) is 7.09. The van der Waals surface area contributed by atoms with Crippen molar-refractivity contribution in [3.8, 4) is 0 Å². The number of piperidine rings is 2. The number of likely N-dealkylation sites (tertiary alicyclic amines) is 1. The maximum absolute atomic E-state index is 12.5. The van der Waals surface area contributed by atoms with Crippen molar-refractivity contribution in [2.75, 3.05) is 30.3 Å². The number of aromatic nitrogens is 4. The van der Waals surface area contributed by atoms with Gasteiger partial charge in [-0.2, -0.15) is 0 Å². The van der Waals surface area contributed by atoms with Crippen LogP contribution in [0.5, 0.6) is 0 Å². The molecule has 4 rings (SSSR count). The highest BCUT2D eigenvalue weighted by atomic mass is 16.2. The van der Waals surface area contributed by atoms with Gasteiger partial charge in [0, 0.05) is 43.7 Å². The molecule has 8 nitrogen and oxygen atoms in total. The molecule has 27 heavy (non-hydrogen) atoms. The number of amides is 1. The van der Waals surface area contributed by atoms with Gasteiger partial charge in [-0.25, -0.2) is 9.97 Å². The van der Waals surface area contributed by atoms with E-state index in [4.69, 9.17) is 5.73 Å². The second-order valence-electron chi connectivity index (χ2n) is 7.73. The van der Waals surface area contributed by atoms with Crippen LogP contribution in [0, 0.1) is 12.3 Å². The molecule has 2 saturated heterocycles. The van der Waals surface area contributed by atoms with Crippen LogP contribution in [0.4, 0.5) is 11.6 Å². The van der Waals surface area contributed by atoms with Crippen LogP contribution in [0.2, 0.25) is 0 Å². The predicted octanol–water partition coefficient (Wildman–Crippen LogP) is 1.57. The summed E-state index contributed by atoms with van der Waals surface area (Å²) < 4.78 is 0. The Kier molecular flexibility index (Phi) is 4.63. The molecule has 0 aliphatic carbocycles. The Hall–Kier alpha value is -2.77. The van der Waals surface area contributed by atoms with E-state index in [-0.39, 0.29) is 11.3 Å². The van der Waals surface area contributed by atoms with Gasteiger partial charge in [0.25, 0.3) is 0 Å². The van der Waals surface area contributed by atoms with Crippen molar-refractivity contribution in [1.29, 1.82) is 0 Å². The molecule has 0 radical (unpaired) electrons. The minimum atomic E-state index is 0.0873. The van der Waals surface area contributed by atoms with Crippen LogP contribution in [0.1, 0.15) is 37.1 Å². The van der Waals surface area contributed by atoms with Crippen molar-refractivity contribution in [3.63, 3.8) is 0 Å². The zero-order chi connectivity index (χ0) is 18.9. The number of rotatable bonds is 3. The molecule has 8 heteroatoms. The van der Waals surface area contributed by atoms with Gasteiger partial charge in [-0.05, 0) is 26.2 Å². The third-order valence-corrected chi connectivity index (χ3v) is 5.59. The average Bonchev–Trinajstić information content (AvgIpc) is 2.67. The number of nitrogens with zero attached hydrogens (tertiary/aromatic N) is 6. The van der Waals surface area contributed by atoms with Gasteiger partial charge in [-0.15, -0.1) is 0 Å². The molecular formula is C19H25N7O. The number of aryl methyl sites for hydroxylation is 1. The maximum Gasteiger partial charge on any atom is 0.222 e. The molecule has 0 unspecified atom stereocenters. The number of nitrogen functional groups attached to an aromatic ring is 1. The first-order chi connectivity index (χ1) is 13.0. The van der Waals surface area contributed by atoms with E-state index in [1.54, 1.807) is 12.4 Å². The highest BCUT2D eigenvalue weighted by molar-refractivity contribution is 5.77. The Bertz CT molecular complexity index is 825. The molecule has 1 amide bonds. The molecule has 1 spiro atoms. The monoisotopic (exact) mass is 367 g/mol. The molecule has 4 heterocycles. The lowest BCUT2D eigenvalue weighted by atomic mass is 9.73. The predicted molar refractivity (Wildman–Crippen MR) is 102 cm³/mol. The molecule has 1 atom stereocenters. The van der Waals surface area contributed by atoms with Crippen molar-refractivity contribution in [3.05, 3.63) is 36.2 Å². The molecule has 0 bridgehead atoms. The number of carbonyl (C=O) groups is 1. The molecule has 2 fully saturated rings. The average molecular weight is 367 g/mol. The first-order valence-electron chi connectivity index (χ1n) is 9.41. The molecule has 2 N–H and O–H groups in total. The van der Waals surface area contributed by atoms with E-state index in [0.717, 1.165) is 56.1 Å². The zero-order valence-electron chi connectivity index (χ0n) is 15.6. The summed E-state index contributed by atoms with van der Waals surface area (Å²) in [6.07, 6.45) is 8.72. The SMILES string of the molecule is Cc1cnc(CN2C[C@]3(CCCN(c4cc(N)ncn4)C3)CCC2=O)cn1. The summed E-state index contributed by atoms with van der Waals surface area (Å²) in [5, 5.41) is 0. The highest BCUT2D eigenvalue weighted by Crippen LogP contribution is 2.40. The Labute approximate surface area is 158 Å². The van der Waals surface area contributed by atoms with Gasteiger partial charge in [0.15, 0.2) is 0 Å². The van der Waals surface area contributed by atoms with Crippen LogP contribution in [0.3, 0.4) is 0 Å². The first-order valence-corrected chi connectivity index (χ1v) is 9.41. The Balaban J connectivity index is 1.50. The van der Waals surface area contributed by atoms with E-state index in [1.807, 2.05) is 17.9 Å². The van der Waals surface area contributed by atoms with Crippen LogP contribution in [0.15, 0.2) is 24.8 Å². The van der Waals surface area contributed by atoms with E-state index >= 15 is 0 Å². The van der Waals surface area contributed by atoms with Gasteiger partial charge in [0.05, 0.1) is 24.1 Å². The van der Waals surface area contributed by atoms with E-state index in [9.17, 15) is 4.79 Å². The van der Waals surface area contributed by atoms with Gasteiger partial charge < -0.3 is 15.5 Å². The Morgan fingerprint density at radius 1 is 1.15 bits per heavy atom. The number of hydrogen-bond donors (Lipinski definition) is 1. The maximum atomic E-state index is 12.5. The van der Waals surface area contributed by atoms with Crippen molar-refractivity contribution in [2.45, 2.75) is 39.2 Å². The smallest absolute Gasteiger partial charge is 0.222 e. The van der Waals surface area contributed by atoms with Crippen LogP contribution in [-0.4, -0.2) is 50.4 Å². The normalized spacial score (nSPS) is 23.1. The summed E-state index contributed by atoms with van der Waals surface area (Å²) >= 11 is 0. The lowest BCUT2D eigenvalue weighted by molar-refractivity contribution is -0.138. The number of nitrogens with two attached hydrogens (primary N) is 1. The van der Waals surface area contributed by atoms with Gasteiger partial charge in [-0.1, -0.05) is 0 Å². The summed E-state index contributed by atoms with van der Waals surface area (Å²) in [5.41, 5.74) is 7.63. The van der Waals surface area contributed by atoms with Crippen LogP contribution in [-0.2, 0) is 11.3 Å². The molecule has 2 aromatic heterocycles. The van der Waals surface area contributed by atoms with E-state index in [1.165, 1.54) is 6.33 Å². The van der Waals surface area contributed by atoms with E-state index in [2.05, 4.69) is 24.8 Å². The third kappa shape index (κ3) is 3.84. The van der Waals surface area contributed by atoms with Crippen molar-refractivity contribution >= 4 is 17.5 Å². The number of carbonyl (C=O) groups excluding carboxylic acids is 1. The van der Waals surface area contributed by atoms with Gasteiger partial charge >= 0.3 is 0 Å². The van der Waals surface area contributed by atoms with Gasteiger partial charge in [0.2, 0.25) is 5.91 Å². The number of hydrogen-bond acceptors (Lipinski definition) is 7. The molecule has 0 saturated carbocycles.